The quantitative estimate of drug-likeness (QED) is 0.791. The molecule has 0 aliphatic rings. The largest absolute Gasteiger partial charge is 0.433 e. The van der Waals surface area contributed by atoms with E-state index < -0.39 is 6.61 Å². The van der Waals surface area contributed by atoms with Crippen LogP contribution in [-0.2, 0) is 0 Å². The fourth-order valence-corrected chi connectivity index (χ4v) is 1.95. The molecule has 0 aliphatic heterocycles. The third-order valence-electron chi connectivity index (χ3n) is 1.62. The number of rotatable bonds is 3. The molecule has 0 amide bonds. The Morgan fingerprint density at radius 1 is 1.53 bits per heavy atom. The summed E-state index contributed by atoms with van der Waals surface area (Å²) in [4.78, 5) is 11.1. The number of halogens is 4. The molecule has 0 unspecified atom stereocenters. The van der Waals surface area contributed by atoms with Gasteiger partial charge in [0.2, 0.25) is 0 Å². The summed E-state index contributed by atoms with van der Waals surface area (Å²) in [5.74, 6) is -0.474. The van der Waals surface area contributed by atoms with Gasteiger partial charge in [-0.25, -0.2) is 0 Å². The second-order valence-electron chi connectivity index (χ2n) is 2.70. The van der Waals surface area contributed by atoms with Crippen LogP contribution in [0.4, 0.5) is 8.78 Å². The van der Waals surface area contributed by atoms with Gasteiger partial charge in [0.1, 0.15) is 5.75 Å². The number of carbonyl (C=O) groups excluding carboxylic acids is 1. The number of alkyl halides is 2. The number of carbonyl (C=O) groups is 1. The Hall–Kier alpha value is -0.680. The van der Waals surface area contributed by atoms with Crippen LogP contribution in [0.3, 0.4) is 0 Å². The highest BCUT2D eigenvalue weighted by molar-refractivity contribution is 9.10. The Morgan fingerprint density at radius 2 is 2.13 bits per heavy atom. The molecule has 0 saturated carbocycles. The zero-order chi connectivity index (χ0) is 11.6. The number of hydrogen-bond donors (Lipinski definition) is 0. The molecule has 82 valence electrons. The Bertz CT molecular complexity index is 396. The molecule has 0 spiro atoms. The minimum Gasteiger partial charge on any atom is -0.433 e. The third kappa shape index (κ3) is 3.14. The Kier molecular flexibility index (Phi) is 4.04. The zero-order valence-corrected chi connectivity index (χ0v) is 9.90. The van der Waals surface area contributed by atoms with E-state index in [1.165, 1.54) is 19.1 Å². The van der Waals surface area contributed by atoms with E-state index >= 15 is 0 Å². The highest BCUT2D eigenvalue weighted by atomic mass is 79.9. The molecule has 1 aromatic carbocycles. The molecular weight excluding hydrogens is 293 g/mol. The lowest BCUT2D eigenvalue weighted by atomic mass is 10.1. The van der Waals surface area contributed by atoms with Crippen molar-refractivity contribution in [3.05, 3.63) is 27.2 Å². The van der Waals surface area contributed by atoms with Crippen molar-refractivity contribution in [2.45, 2.75) is 13.5 Å². The molecule has 1 rings (SSSR count). The number of ether oxygens (including phenoxy) is 1. The maximum Gasteiger partial charge on any atom is 0.387 e. The molecule has 0 atom stereocenters. The number of Topliss-reactive ketones (excluding diaryl/α,β-unsaturated/α-hetero) is 1. The fourth-order valence-electron chi connectivity index (χ4n) is 0.985. The molecule has 0 saturated heterocycles. The van der Waals surface area contributed by atoms with Crippen molar-refractivity contribution in [1.82, 2.24) is 0 Å². The second-order valence-corrected chi connectivity index (χ2v) is 3.96. The summed E-state index contributed by atoms with van der Waals surface area (Å²) in [7, 11) is 0. The van der Waals surface area contributed by atoms with Crippen molar-refractivity contribution >= 4 is 33.3 Å². The topological polar surface area (TPSA) is 26.3 Å². The predicted molar refractivity (Wildman–Crippen MR) is 55.8 cm³/mol. The van der Waals surface area contributed by atoms with Crippen LogP contribution in [0.1, 0.15) is 17.3 Å². The predicted octanol–water partition coefficient (Wildman–Crippen LogP) is 3.91. The van der Waals surface area contributed by atoms with E-state index in [0.29, 0.717) is 4.47 Å². The Morgan fingerprint density at radius 3 is 2.60 bits per heavy atom. The molecule has 2 nitrogen and oxygen atoms in total. The van der Waals surface area contributed by atoms with Crippen molar-refractivity contribution in [2.24, 2.45) is 0 Å². The summed E-state index contributed by atoms with van der Waals surface area (Å²) in [5.41, 5.74) is 0.245. The minimum absolute atomic E-state index is 0.0205. The van der Waals surface area contributed by atoms with Gasteiger partial charge in [-0.1, -0.05) is 11.6 Å². The van der Waals surface area contributed by atoms with Crippen molar-refractivity contribution in [1.29, 1.82) is 0 Å². The van der Waals surface area contributed by atoms with Gasteiger partial charge in [-0.3, -0.25) is 4.79 Å². The molecular formula is C9H6BrClF2O2. The molecule has 6 heteroatoms. The van der Waals surface area contributed by atoms with Crippen LogP contribution in [0.15, 0.2) is 16.6 Å². The number of benzene rings is 1. The first-order valence-electron chi connectivity index (χ1n) is 3.86. The van der Waals surface area contributed by atoms with Gasteiger partial charge in [-0.05, 0) is 35.0 Å². The van der Waals surface area contributed by atoms with Gasteiger partial charge in [-0.15, -0.1) is 0 Å². The van der Waals surface area contributed by atoms with Gasteiger partial charge in [0.25, 0.3) is 0 Å². The lowest BCUT2D eigenvalue weighted by Gasteiger charge is -2.09. The summed E-state index contributed by atoms with van der Waals surface area (Å²) in [5, 5.41) is 0.0205. The lowest BCUT2D eigenvalue weighted by molar-refractivity contribution is -0.0498. The SMILES string of the molecule is CC(=O)c1cc(OC(F)F)c(Cl)cc1Br. The average molecular weight is 299 g/mol. The number of ketones is 1. The molecule has 0 aromatic heterocycles. The van der Waals surface area contributed by atoms with Crippen LogP contribution in [0.5, 0.6) is 5.75 Å². The van der Waals surface area contributed by atoms with Crippen molar-refractivity contribution in [3.63, 3.8) is 0 Å². The molecule has 0 heterocycles. The standard InChI is InChI=1S/C9H6BrClF2O2/c1-4(14)5-2-8(15-9(12)13)7(11)3-6(5)10/h2-3,9H,1H3. The first-order chi connectivity index (χ1) is 6.91. The first-order valence-corrected chi connectivity index (χ1v) is 5.03. The van der Waals surface area contributed by atoms with E-state index in [1.54, 1.807) is 0 Å². The van der Waals surface area contributed by atoms with E-state index in [4.69, 9.17) is 11.6 Å². The molecule has 1 aromatic rings. The van der Waals surface area contributed by atoms with Crippen molar-refractivity contribution in [2.75, 3.05) is 0 Å². The summed E-state index contributed by atoms with van der Waals surface area (Å²) in [6, 6.07) is 2.52. The molecule has 15 heavy (non-hydrogen) atoms. The van der Waals surface area contributed by atoms with E-state index in [2.05, 4.69) is 20.7 Å². The van der Waals surface area contributed by atoms with Crippen molar-refractivity contribution < 1.29 is 18.3 Å². The maximum atomic E-state index is 12.0. The van der Waals surface area contributed by atoms with Crippen LogP contribution in [-0.4, -0.2) is 12.4 Å². The Labute approximate surface area is 98.3 Å². The van der Waals surface area contributed by atoms with Crippen LogP contribution >= 0.6 is 27.5 Å². The highest BCUT2D eigenvalue weighted by Gasteiger charge is 2.14. The Balaban J connectivity index is 3.17. The molecule has 0 radical (unpaired) electrons. The average Bonchev–Trinajstić information content (AvgIpc) is 2.08. The molecule has 0 fully saturated rings. The van der Waals surface area contributed by atoms with Gasteiger partial charge >= 0.3 is 6.61 Å². The van der Waals surface area contributed by atoms with Gasteiger partial charge in [0, 0.05) is 10.0 Å². The molecule has 0 N–H and O–H groups in total. The van der Waals surface area contributed by atoms with E-state index in [0.717, 1.165) is 0 Å². The fraction of sp³-hybridized carbons (Fsp3) is 0.222. The third-order valence-corrected chi connectivity index (χ3v) is 2.57. The van der Waals surface area contributed by atoms with Crippen LogP contribution in [0.2, 0.25) is 5.02 Å². The lowest BCUT2D eigenvalue weighted by Crippen LogP contribution is -2.04. The van der Waals surface area contributed by atoms with E-state index in [-0.39, 0.29) is 22.1 Å². The minimum atomic E-state index is -2.97. The van der Waals surface area contributed by atoms with E-state index in [9.17, 15) is 13.6 Å². The normalized spacial score (nSPS) is 10.5. The smallest absolute Gasteiger partial charge is 0.387 e. The first kappa shape index (κ1) is 12.4. The van der Waals surface area contributed by atoms with Gasteiger partial charge in [0.05, 0.1) is 5.02 Å². The summed E-state index contributed by atoms with van der Waals surface area (Å²) in [6.07, 6.45) is 0. The number of hydrogen-bond acceptors (Lipinski definition) is 2. The van der Waals surface area contributed by atoms with Crippen LogP contribution in [0, 0.1) is 0 Å². The van der Waals surface area contributed by atoms with Crippen molar-refractivity contribution in [3.8, 4) is 5.75 Å². The van der Waals surface area contributed by atoms with Gasteiger partial charge in [-0.2, -0.15) is 8.78 Å². The molecule has 0 aliphatic carbocycles. The van der Waals surface area contributed by atoms with E-state index in [1.807, 2.05) is 0 Å². The molecule has 0 bridgehead atoms. The highest BCUT2D eigenvalue weighted by Crippen LogP contribution is 2.32. The van der Waals surface area contributed by atoms with Crippen LogP contribution < -0.4 is 4.74 Å². The maximum absolute atomic E-state index is 12.0. The summed E-state index contributed by atoms with van der Waals surface area (Å²) >= 11 is 8.75. The summed E-state index contributed by atoms with van der Waals surface area (Å²) < 4.78 is 28.5. The van der Waals surface area contributed by atoms with Gasteiger partial charge < -0.3 is 4.74 Å². The second kappa shape index (κ2) is 4.90. The monoisotopic (exact) mass is 298 g/mol. The summed E-state index contributed by atoms with van der Waals surface area (Å²) in [6.45, 7) is -1.65. The zero-order valence-electron chi connectivity index (χ0n) is 7.56. The van der Waals surface area contributed by atoms with Crippen LogP contribution in [0.25, 0.3) is 0 Å². The van der Waals surface area contributed by atoms with Gasteiger partial charge in [0.15, 0.2) is 5.78 Å².